The predicted molar refractivity (Wildman–Crippen MR) is 261 cm³/mol. The first-order chi connectivity index (χ1) is 29.6. The van der Waals surface area contributed by atoms with Crippen LogP contribution in [-0.2, 0) is 23.8 Å². The minimum atomic E-state index is -0.545. The fourth-order valence-electron chi connectivity index (χ4n) is 7.20. The van der Waals surface area contributed by atoms with Crippen molar-refractivity contribution in [3.8, 4) is 0 Å². The molecule has 0 bridgehead atoms. The van der Waals surface area contributed by atoms with Gasteiger partial charge in [-0.15, -0.1) is 0 Å². The van der Waals surface area contributed by atoms with Crippen LogP contribution in [-0.4, -0.2) is 37.9 Å². The number of carbonyl (C=O) groups excluding carboxylic acids is 2. The number of hydrogen-bond donors (Lipinski definition) is 0. The van der Waals surface area contributed by atoms with Gasteiger partial charge in [0.1, 0.15) is 6.61 Å². The molecule has 0 amide bonds. The quantitative estimate of drug-likeness (QED) is 0.0347. The zero-order valence-corrected chi connectivity index (χ0v) is 40.0. The van der Waals surface area contributed by atoms with Crippen molar-refractivity contribution in [2.24, 2.45) is 0 Å². The van der Waals surface area contributed by atoms with Gasteiger partial charge in [0.2, 0.25) is 0 Å². The molecule has 0 spiro atoms. The molecule has 0 aliphatic rings. The van der Waals surface area contributed by atoms with Gasteiger partial charge < -0.3 is 14.2 Å². The lowest BCUT2D eigenvalue weighted by atomic mass is 10.1. The highest BCUT2D eigenvalue weighted by Gasteiger charge is 2.17. The van der Waals surface area contributed by atoms with Crippen LogP contribution >= 0.6 is 0 Å². The Morgan fingerprint density at radius 2 is 0.750 bits per heavy atom. The van der Waals surface area contributed by atoms with Crippen LogP contribution in [0.15, 0.2) is 60.8 Å². The SMILES string of the molecule is CC/C=C\C/C=C\C/C=C\C/C=C\CCCCCCCOCC(COC(=O)CCCCCCCCC/C=C\CCCCCCCC)OC(=O)CCCCCCCCCCC. The number of allylic oxidation sites excluding steroid dienone is 10. The van der Waals surface area contributed by atoms with Crippen molar-refractivity contribution < 1.29 is 23.8 Å². The minimum absolute atomic E-state index is 0.0764. The molecule has 0 radical (unpaired) electrons. The molecule has 0 N–H and O–H groups in total. The molecule has 5 nitrogen and oxygen atoms in total. The standard InChI is InChI=1S/C55H98O5/c1-4-7-10-13-16-19-21-23-25-27-29-31-33-35-38-41-44-47-50-58-51-53(60-55(57)49-46-43-40-36-18-15-12-9-6-3)52-59-54(56)48-45-42-39-37-34-32-30-28-26-24-22-20-17-14-11-8-5-2/h7,10,16,19,23-26,29,31,53H,4-6,8-9,11-15,17-18,20-22,27-28,30,32-52H2,1-3H3/b10-7-,19-16-,25-23-,26-24-,31-29-. The van der Waals surface area contributed by atoms with Crippen LogP contribution in [0.3, 0.4) is 0 Å². The zero-order chi connectivity index (χ0) is 43.5. The summed E-state index contributed by atoms with van der Waals surface area (Å²) in [5, 5.41) is 0. The second-order valence-corrected chi connectivity index (χ2v) is 17.0. The number of carbonyl (C=O) groups is 2. The summed E-state index contributed by atoms with van der Waals surface area (Å²) in [7, 11) is 0. The average Bonchev–Trinajstić information content (AvgIpc) is 3.25. The molecule has 0 aromatic carbocycles. The molecule has 0 rings (SSSR count). The lowest BCUT2D eigenvalue weighted by Crippen LogP contribution is -2.30. The Labute approximate surface area is 373 Å². The van der Waals surface area contributed by atoms with Crippen LogP contribution in [0.1, 0.15) is 252 Å². The molecule has 60 heavy (non-hydrogen) atoms. The third-order valence-corrected chi connectivity index (χ3v) is 11.0. The van der Waals surface area contributed by atoms with Crippen LogP contribution < -0.4 is 0 Å². The summed E-state index contributed by atoms with van der Waals surface area (Å²) in [6.07, 6.45) is 63.7. The van der Waals surface area contributed by atoms with Gasteiger partial charge in [-0.05, 0) is 83.5 Å². The van der Waals surface area contributed by atoms with E-state index in [0.29, 0.717) is 19.4 Å². The van der Waals surface area contributed by atoms with Crippen molar-refractivity contribution in [1.29, 1.82) is 0 Å². The van der Waals surface area contributed by atoms with Gasteiger partial charge in [0.15, 0.2) is 6.10 Å². The molecular weight excluding hydrogens is 741 g/mol. The van der Waals surface area contributed by atoms with Crippen molar-refractivity contribution in [3.05, 3.63) is 60.8 Å². The summed E-state index contributed by atoms with van der Waals surface area (Å²) in [6.45, 7) is 7.67. The summed E-state index contributed by atoms with van der Waals surface area (Å²) >= 11 is 0. The molecule has 0 aromatic rings. The summed E-state index contributed by atoms with van der Waals surface area (Å²) < 4.78 is 17.4. The Bertz CT molecular complexity index is 1040. The third kappa shape index (κ3) is 48.3. The van der Waals surface area contributed by atoms with E-state index in [2.05, 4.69) is 81.5 Å². The summed E-state index contributed by atoms with van der Waals surface area (Å²) in [5.41, 5.74) is 0. The van der Waals surface area contributed by atoms with E-state index in [1.807, 2.05) is 0 Å². The third-order valence-electron chi connectivity index (χ3n) is 11.0. The van der Waals surface area contributed by atoms with E-state index in [0.717, 1.165) is 70.6 Å². The van der Waals surface area contributed by atoms with E-state index in [9.17, 15) is 9.59 Å². The van der Waals surface area contributed by atoms with Crippen molar-refractivity contribution in [3.63, 3.8) is 0 Å². The highest BCUT2D eigenvalue weighted by atomic mass is 16.6. The number of rotatable bonds is 47. The maximum absolute atomic E-state index is 12.7. The first-order valence-electron chi connectivity index (χ1n) is 25.8. The molecule has 1 unspecified atom stereocenters. The predicted octanol–water partition coefficient (Wildman–Crippen LogP) is 17.3. The maximum Gasteiger partial charge on any atom is 0.306 e. The van der Waals surface area contributed by atoms with Gasteiger partial charge >= 0.3 is 11.9 Å². The number of unbranched alkanes of at least 4 members (excludes halogenated alkanes) is 26. The second-order valence-electron chi connectivity index (χ2n) is 17.0. The molecule has 348 valence electrons. The van der Waals surface area contributed by atoms with Crippen molar-refractivity contribution in [1.82, 2.24) is 0 Å². The van der Waals surface area contributed by atoms with Gasteiger partial charge in [-0.25, -0.2) is 0 Å². The van der Waals surface area contributed by atoms with Gasteiger partial charge in [0.05, 0.1) is 6.61 Å². The number of hydrogen-bond acceptors (Lipinski definition) is 5. The van der Waals surface area contributed by atoms with Crippen LogP contribution in [0.5, 0.6) is 0 Å². The van der Waals surface area contributed by atoms with Crippen molar-refractivity contribution in [2.45, 2.75) is 258 Å². The van der Waals surface area contributed by atoms with E-state index < -0.39 is 6.10 Å². The number of esters is 2. The highest BCUT2D eigenvalue weighted by Crippen LogP contribution is 2.14. The van der Waals surface area contributed by atoms with E-state index in [1.165, 1.54) is 148 Å². The van der Waals surface area contributed by atoms with Gasteiger partial charge in [0, 0.05) is 19.4 Å². The van der Waals surface area contributed by atoms with E-state index in [1.54, 1.807) is 0 Å². The monoisotopic (exact) mass is 839 g/mol. The topological polar surface area (TPSA) is 61.8 Å². The molecule has 5 heteroatoms. The normalized spacial score (nSPS) is 12.7. The molecular formula is C55H98O5. The Hall–Kier alpha value is -2.40. The van der Waals surface area contributed by atoms with E-state index in [-0.39, 0.29) is 25.2 Å². The van der Waals surface area contributed by atoms with E-state index >= 15 is 0 Å². The highest BCUT2D eigenvalue weighted by molar-refractivity contribution is 5.70. The Morgan fingerprint density at radius 3 is 1.22 bits per heavy atom. The largest absolute Gasteiger partial charge is 0.462 e. The molecule has 0 heterocycles. The molecule has 0 fully saturated rings. The fraction of sp³-hybridized carbons (Fsp3) is 0.782. The van der Waals surface area contributed by atoms with Crippen molar-refractivity contribution in [2.75, 3.05) is 19.8 Å². The zero-order valence-electron chi connectivity index (χ0n) is 40.0. The second kappa shape index (κ2) is 51.0. The van der Waals surface area contributed by atoms with Crippen LogP contribution in [0.25, 0.3) is 0 Å². The molecule has 0 aromatic heterocycles. The molecule has 1 atom stereocenters. The van der Waals surface area contributed by atoms with Gasteiger partial charge in [-0.1, -0.05) is 216 Å². The summed E-state index contributed by atoms with van der Waals surface area (Å²) in [4.78, 5) is 25.3. The molecule has 0 saturated carbocycles. The average molecular weight is 839 g/mol. The van der Waals surface area contributed by atoms with Gasteiger partial charge in [-0.2, -0.15) is 0 Å². The Balaban J connectivity index is 4.22. The van der Waals surface area contributed by atoms with Gasteiger partial charge in [-0.3, -0.25) is 9.59 Å². The molecule has 0 saturated heterocycles. The fourth-order valence-corrected chi connectivity index (χ4v) is 7.20. The summed E-state index contributed by atoms with van der Waals surface area (Å²) in [5.74, 6) is -0.409. The Morgan fingerprint density at radius 1 is 0.383 bits per heavy atom. The van der Waals surface area contributed by atoms with Crippen LogP contribution in [0.2, 0.25) is 0 Å². The number of ether oxygens (including phenoxy) is 3. The molecule has 0 aliphatic heterocycles. The lowest BCUT2D eigenvalue weighted by Gasteiger charge is -2.18. The first kappa shape index (κ1) is 57.6. The van der Waals surface area contributed by atoms with Crippen LogP contribution in [0, 0.1) is 0 Å². The smallest absolute Gasteiger partial charge is 0.306 e. The van der Waals surface area contributed by atoms with E-state index in [4.69, 9.17) is 14.2 Å². The van der Waals surface area contributed by atoms with Gasteiger partial charge in [0.25, 0.3) is 0 Å². The van der Waals surface area contributed by atoms with Crippen LogP contribution in [0.4, 0.5) is 0 Å². The Kier molecular flexibility index (Phi) is 48.9. The summed E-state index contributed by atoms with van der Waals surface area (Å²) in [6, 6.07) is 0. The van der Waals surface area contributed by atoms with Crippen molar-refractivity contribution >= 4 is 11.9 Å². The lowest BCUT2D eigenvalue weighted by molar-refractivity contribution is -0.163. The first-order valence-corrected chi connectivity index (χ1v) is 25.8. The molecule has 0 aliphatic carbocycles. The minimum Gasteiger partial charge on any atom is -0.462 e. The maximum atomic E-state index is 12.7.